The average molecular weight is 303 g/mol. The zero-order valence-electron chi connectivity index (χ0n) is 12.3. The monoisotopic (exact) mass is 303 g/mol. The smallest absolute Gasteiger partial charge is 0.397 e. The van der Waals surface area contributed by atoms with Crippen molar-refractivity contribution in [2.24, 2.45) is 4.99 Å². The maximum absolute atomic E-state index is 14.1. The molecule has 2 rings (SSSR count). The molecule has 0 aromatic heterocycles. The van der Waals surface area contributed by atoms with Crippen molar-refractivity contribution in [3.05, 3.63) is 35.1 Å². The van der Waals surface area contributed by atoms with Crippen LogP contribution in [0.1, 0.15) is 38.8 Å². The molecule has 1 aliphatic rings. The van der Waals surface area contributed by atoms with Gasteiger partial charge in [0.2, 0.25) is 5.90 Å². The first-order valence-electron chi connectivity index (χ1n) is 6.54. The molecule has 0 unspecified atom stereocenters. The first-order valence-corrected chi connectivity index (χ1v) is 6.54. The lowest BCUT2D eigenvalue weighted by atomic mass is 9.83. The van der Waals surface area contributed by atoms with Crippen molar-refractivity contribution < 1.29 is 22.3 Å². The second kappa shape index (κ2) is 4.71. The van der Waals surface area contributed by atoms with E-state index in [1.165, 1.54) is 12.1 Å². The summed E-state index contributed by atoms with van der Waals surface area (Å²) in [5.74, 6) is -0.630. The van der Waals surface area contributed by atoms with Crippen molar-refractivity contribution in [1.82, 2.24) is 0 Å². The van der Waals surface area contributed by atoms with Crippen molar-refractivity contribution >= 4 is 5.90 Å². The highest BCUT2D eigenvalue weighted by atomic mass is 19.4. The van der Waals surface area contributed by atoms with E-state index in [-0.39, 0.29) is 17.0 Å². The van der Waals surface area contributed by atoms with E-state index in [0.29, 0.717) is 6.61 Å². The number of hydrogen-bond acceptors (Lipinski definition) is 2. The van der Waals surface area contributed by atoms with E-state index in [1.54, 1.807) is 0 Å². The summed E-state index contributed by atoms with van der Waals surface area (Å²) in [6.45, 7) is 6.03. The lowest BCUT2D eigenvalue weighted by molar-refractivity contribution is -0.180. The molecular formula is C15H17F4NO. The number of rotatable bonds is 2. The molecule has 0 spiro atoms. The minimum absolute atomic E-state index is 0.0855. The summed E-state index contributed by atoms with van der Waals surface area (Å²) in [4.78, 5) is 4.22. The maximum Gasteiger partial charge on any atom is 0.397 e. The summed E-state index contributed by atoms with van der Waals surface area (Å²) in [5, 5.41) is 0. The van der Waals surface area contributed by atoms with Crippen molar-refractivity contribution in [2.75, 3.05) is 6.61 Å². The van der Waals surface area contributed by atoms with Gasteiger partial charge in [0, 0.05) is 0 Å². The number of aliphatic imine (C=N–C) groups is 1. The molecule has 0 radical (unpaired) electrons. The third-order valence-electron chi connectivity index (χ3n) is 3.60. The Balaban J connectivity index is 2.40. The molecule has 1 heterocycles. The molecule has 0 bridgehead atoms. The third-order valence-corrected chi connectivity index (χ3v) is 3.60. The van der Waals surface area contributed by atoms with Crippen molar-refractivity contribution in [2.45, 2.75) is 44.8 Å². The van der Waals surface area contributed by atoms with Gasteiger partial charge in [-0.1, -0.05) is 6.07 Å². The Bertz CT molecular complexity index is 588. The fourth-order valence-corrected chi connectivity index (χ4v) is 1.96. The SMILES string of the molecule is CC1(C)COC(c2ccc(C(C)(C)C(F)(F)F)cc2F)=N1. The summed E-state index contributed by atoms with van der Waals surface area (Å²) in [6, 6.07) is 3.46. The van der Waals surface area contributed by atoms with Gasteiger partial charge in [0.15, 0.2) is 0 Å². The molecule has 0 saturated carbocycles. The molecule has 1 aliphatic heterocycles. The predicted molar refractivity (Wildman–Crippen MR) is 72.0 cm³/mol. The van der Waals surface area contributed by atoms with Crippen molar-refractivity contribution in [3.8, 4) is 0 Å². The summed E-state index contributed by atoms with van der Waals surface area (Å²) in [5.41, 5.74) is -2.62. The normalized spacial score (nSPS) is 18.4. The molecule has 1 aromatic rings. The van der Waals surface area contributed by atoms with Gasteiger partial charge in [-0.05, 0) is 45.4 Å². The van der Waals surface area contributed by atoms with Crippen LogP contribution in [-0.2, 0) is 10.2 Å². The first-order chi connectivity index (χ1) is 9.44. The number of hydrogen-bond donors (Lipinski definition) is 0. The molecule has 0 aliphatic carbocycles. The highest BCUT2D eigenvalue weighted by Crippen LogP contribution is 2.40. The largest absolute Gasteiger partial charge is 0.475 e. The predicted octanol–water partition coefficient (Wildman–Crippen LogP) is 4.22. The van der Waals surface area contributed by atoms with E-state index in [9.17, 15) is 17.6 Å². The molecule has 0 N–H and O–H groups in total. The van der Waals surface area contributed by atoms with Gasteiger partial charge >= 0.3 is 6.18 Å². The van der Waals surface area contributed by atoms with Crippen LogP contribution in [0.4, 0.5) is 17.6 Å². The highest BCUT2D eigenvalue weighted by Gasteiger charge is 2.48. The van der Waals surface area contributed by atoms with Crippen LogP contribution in [0, 0.1) is 5.82 Å². The van der Waals surface area contributed by atoms with Gasteiger partial charge < -0.3 is 4.74 Å². The molecule has 2 nitrogen and oxygen atoms in total. The quantitative estimate of drug-likeness (QED) is 0.750. The van der Waals surface area contributed by atoms with E-state index in [1.807, 2.05) is 13.8 Å². The summed E-state index contributed by atoms with van der Waals surface area (Å²) in [7, 11) is 0. The van der Waals surface area contributed by atoms with E-state index in [2.05, 4.69) is 4.99 Å². The number of alkyl halides is 3. The zero-order chi connectivity index (χ0) is 16.1. The molecule has 6 heteroatoms. The van der Waals surface area contributed by atoms with Crippen LogP contribution in [-0.4, -0.2) is 24.2 Å². The number of nitrogens with zero attached hydrogens (tertiary/aromatic N) is 1. The highest BCUT2D eigenvalue weighted by molar-refractivity contribution is 5.95. The second-order valence-corrected chi connectivity index (χ2v) is 6.34. The van der Waals surface area contributed by atoms with Crippen LogP contribution < -0.4 is 0 Å². The Hall–Kier alpha value is -1.59. The molecular weight excluding hydrogens is 286 g/mol. The molecule has 21 heavy (non-hydrogen) atoms. The molecule has 0 atom stereocenters. The Kier molecular flexibility index (Phi) is 3.54. The molecule has 116 valence electrons. The van der Waals surface area contributed by atoms with Crippen molar-refractivity contribution in [1.29, 1.82) is 0 Å². The van der Waals surface area contributed by atoms with Gasteiger partial charge in [0.05, 0.1) is 16.5 Å². The Morgan fingerprint density at radius 1 is 1.19 bits per heavy atom. The van der Waals surface area contributed by atoms with Crippen LogP contribution in [0.5, 0.6) is 0 Å². The lowest BCUT2D eigenvalue weighted by Gasteiger charge is -2.28. The van der Waals surface area contributed by atoms with Gasteiger partial charge in [-0.25, -0.2) is 9.38 Å². The summed E-state index contributed by atoms with van der Waals surface area (Å²) in [6.07, 6.45) is -4.45. The van der Waals surface area contributed by atoms with Crippen LogP contribution in [0.3, 0.4) is 0 Å². The van der Waals surface area contributed by atoms with Gasteiger partial charge in [0.25, 0.3) is 0 Å². The standard InChI is InChI=1S/C15H17F4NO/c1-13(2)8-21-12(20-13)10-6-5-9(7-11(10)16)14(3,4)15(17,18)19/h5-7H,8H2,1-4H3. The molecule has 0 fully saturated rings. The van der Waals surface area contributed by atoms with Crippen LogP contribution in [0.25, 0.3) is 0 Å². The minimum atomic E-state index is -4.45. The van der Waals surface area contributed by atoms with Gasteiger partial charge in [0.1, 0.15) is 12.4 Å². The Morgan fingerprint density at radius 2 is 1.81 bits per heavy atom. The number of benzene rings is 1. The van der Waals surface area contributed by atoms with E-state index < -0.39 is 22.9 Å². The summed E-state index contributed by atoms with van der Waals surface area (Å²) >= 11 is 0. The van der Waals surface area contributed by atoms with E-state index >= 15 is 0 Å². The van der Waals surface area contributed by atoms with Gasteiger partial charge in [-0.3, -0.25) is 0 Å². The summed E-state index contributed by atoms with van der Waals surface area (Å²) < 4.78 is 58.4. The Morgan fingerprint density at radius 3 is 2.24 bits per heavy atom. The van der Waals surface area contributed by atoms with Crippen LogP contribution in [0.15, 0.2) is 23.2 Å². The average Bonchev–Trinajstić information content (AvgIpc) is 2.67. The van der Waals surface area contributed by atoms with Crippen molar-refractivity contribution in [3.63, 3.8) is 0 Å². The Labute approximate surface area is 120 Å². The topological polar surface area (TPSA) is 21.6 Å². The lowest BCUT2D eigenvalue weighted by Crippen LogP contribution is -2.36. The zero-order valence-corrected chi connectivity index (χ0v) is 12.3. The van der Waals surface area contributed by atoms with E-state index in [4.69, 9.17) is 4.74 Å². The maximum atomic E-state index is 14.1. The fraction of sp³-hybridized carbons (Fsp3) is 0.533. The van der Waals surface area contributed by atoms with Gasteiger partial charge in [-0.15, -0.1) is 0 Å². The third kappa shape index (κ3) is 2.89. The molecule has 1 aromatic carbocycles. The van der Waals surface area contributed by atoms with E-state index in [0.717, 1.165) is 19.9 Å². The van der Waals surface area contributed by atoms with Gasteiger partial charge in [-0.2, -0.15) is 13.2 Å². The van der Waals surface area contributed by atoms with Crippen LogP contribution >= 0.6 is 0 Å². The molecule has 0 saturated heterocycles. The first kappa shape index (κ1) is 15.8. The van der Waals surface area contributed by atoms with Crippen LogP contribution in [0.2, 0.25) is 0 Å². The fourth-order valence-electron chi connectivity index (χ4n) is 1.96. The number of ether oxygens (including phenoxy) is 1. The number of halogens is 4. The second-order valence-electron chi connectivity index (χ2n) is 6.34. The molecule has 0 amide bonds. The minimum Gasteiger partial charge on any atom is -0.475 e.